The van der Waals surface area contributed by atoms with Gasteiger partial charge < -0.3 is 9.84 Å². The lowest BCUT2D eigenvalue weighted by Crippen LogP contribution is -2.68. The highest BCUT2D eigenvalue weighted by Crippen LogP contribution is 2.71. The van der Waals surface area contributed by atoms with Crippen LogP contribution in [-0.4, -0.2) is 41.8 Å². The number of isocyanates is 1. The first-order chi connectivity index (χ1) is 16.4. The fourth-order valence-corrected chi connectivity index (χ4v) is 9.85. The molecule has 35 heavy (non-hydrogen) atoms. The van der Waals surface area contributed by atoms with Gasteiger partial charge in [0.1, 0.15) is 0 Å². The van der Waals surface area contributed by atoms with Crippen LogP contribution in [0.25, 0.3) is 0 Å². The van der Waals surface area contributed by atoms with Crippen molar-refractivity contribution in [2.75, 3.05) is 6.54 Å². The molecule has 0 spiro atoms. The van der Waals surface area contributed by atoms with Gasteiger partial charge in [0.25, 0.3) is 5.92 Å². The topological polar surface area (TPSA) is 76.0 Å². The van der Waals surface area contributed by atoms with Crippen LogP contribution in [0.2, 0.25) is 0 Å². The molecule has 0 bridgehead atoms. The number of esters is 1. The third-order valence-corrected chi connectivity index (χ3v) is 11.2. The Morgan fingerprint density at radius 1 is 1.14 bits per heavy atom. The van der Waals surface area contributed by atoms with Crippen LogP contribution >= 0.6 is 0 Å². The van der Waals surface area contributed by atoms with Gasteiger partial charge in [-0.3, -0.25) is 4.79 Å². The van der Waals surface area contributed by atoms with E-state index in [1.54, 1.807) is 6.08 Å². The van der Waals surface area contributed by atoms with Crippen LogP contribution in [0.3, 0.4) is 0 Å². The molecule has 0 aromatic rings. The largest absolute Gasteiger partial charge is 0.456 e. The summed E-state index contributed by atoms with van der Waals surface area (Å²) in [6.45, 7) is 10.2. The quantitative estimate of drug-likeness (QED) is 0.287. The van der Waals surface area contributed by atoms with Gasteiger partial charge in [-0.1, -0.05) is 34.1 Å². The van der Waals surface area contributed by atoms with Crippen molar-refractivity contribution in [3.8, 4) is 0 Å². The van der Waals surface area contributed by atoms with Crippen molar-refractivity contribution in [3.63, 3.8) is 0 Å². The lowest BCUT2D eigenvalue weighted by molar-refractivity contribution is -0.289. The van der Waals surface area contributed by atoms with E-state index in [4.69, 9.17) is 4.74 Å². The van der Waals surface area contributed by atoms with Crippen LogP contribution in [0.4, 0.5) is 8.78 Å². The molecule has 1 N–H and O–H groups in total. The summed E-state index contributed by atoms with van der Waals surface area (Å²) in [5.74, 6) is -4.07. The minimum atomic E-state index is -3.15. The Labute approximate surface area is 208 Å². The molecule has 7 heteroatoms. The first-order valence-electron chi connectivity index (χ1n) is 13.7. The Balaban J connectivity index is 1.66. The lowest BCUT2D eigenvalue weighted by Gasteiger charge is -2.66. The Morgan fingerprint density at radius 3 is 2.43 bits per heavy atom. The zero-order chi connectivity index (χ0) is 25.8. The van der Waals surface area contributed by atoms with E-state index in [1.807, 2.05) is 13.8 Å². The number of hydrogen-bond donors (Lipinski definition) is 1. The molecule has 4 saturated carbocycles. The number of aliphatic imine (C=N–C) groups is 1. The van der Waals surface area contributed by atoms with Crippen LogP contribution in [0.5, 0.6) is 0 Å². The molecule has 0 aromatic carbocycles. The molecule has 0 aliphatic heterocycles. The van der Waals surface area contributed by atoms with E-state index < -0.39 is 41.4 Å². The van der Waals surface area contributed by atoms with E-state index in [0.29, 0.717) is 37.1 Å². The van der Waals surface area contributed by atoms with Crippen molar-refractivity contribution in [1.29, 1.82) is 0 Å². The molecule has 4 aliphatic rings. The van der Waals surface area contributed by atoms with Crippen molar-refractivity contribution in [1.82, 2.24) is 0 Å². The minimum Gasteiger partial charge on any atom is -0.456 e. The number of hydrogen-bond acceptors (Lipinski definition) is 5. The summed E-state index contributed by atoms with van der Waals surface area (Å²) in [5.41, 5.74) is -0.528. The van der Waals surface area contributed by atoms with Crippen molar-refractivity contribution >= 4 is 12.0 Å². The summed E-state index contributed by atoms with van der Waals surface area (Å²) in [4.78, 5) is 25.9. The number of aliphatic hydroxyl groups excluding tert-OH is 1. The van der Waals surface area contributed by atoms with Gasteiger partial charge in [0.15, 0.2) is 6.10 Å². The number of ether oxygens (including phenoxy) is 1. The molecule has 0 radical (unpaired) electrons. The van der Waals surface area contributed by atoms with E-state index in [2.05, 4.69) is 18.8 Å². The Kier molecular flexibility index (Phi) is 7.27. The van der Waals surface area contributed by atoms with E-state index in [1.165, 1.54) is 6.92 Å². The van der Waals surface area contributed by atoms with Gasteiger partial charge in [0.2, 0.25) is 6.08 Å². The van der Waals surface area contributed by atoms with Crippen LogP contribution < -0.4 is 0 Å². The highest BCUT2D eigenvalue weighted by molar-refractivity contribution is 5.66. The number of fused-ring (bicyclic) bond motifs is 5. The molecule has 0 amide bonds. The number of nitrogens with zero attached hydrogens (tertiary/aromatic N) is 1. The summed E-state index contributed by atoms with van der Waals surface area (Å²) in [6.07, 6.45) is 5.49. The molecule has 0 unspecified atom stereocenters. The zero-order valence-corrected chi connectivity index (χ0v) is 21.9. The SMILES string of the molecule is CC[C@H]1[C@@H](O)[C@@H]2[C@H](CC[C@]3(C)[C@@H]([C@H](C)CCN=C=O)CC[C@@H]23)[C@@]2(C)CC[C@@H](OC(C)=O)C(F)(F)[C@@H]12. The summed E-state index contributed by atoms with van der Waals surface area (Å²) in [6, 6.07) is 0. The highest BCUT2D eigenvalue weighted by atomic mass is 19.3. The average Bonchev–Trinajstić information content (AvgIpc) is 3.14. The van der Waals surface area contributed by atoms with E-state index in [9.17, 15) is 14.7 Å². The lowest BCUT2D eigenvalue weighted by atomic mass is 9.40. The van der Waals surface area contributed by atoms with Gasteiger partial charge in [-0.15, -0.1) is 0 Å². The van der Waals surface area contributed by atoms with Crippen molar-refractivity contribution in [2.24, 2.45) is 57.2 Å². The summed E-state index contributed by atoms with van der Waals surface area (Å²) in [5, 5.41) is 11.8. The molecule has 198 valence electrons. The van der Waals surface area contributed by atoms with Crippen molar-refractivity contribution < 1.29 is 28.2 Å². The van der Waals surface area contributed by atoms with Gasteiger partial charge in [0, 0.05) is 12.8 Å². The average molecular weight is 496 g/mol. The fraction of sp³-hybridized carbons (Fsp3) is 0.929. The van der Waals surface area contributed by atoms with Crippen LogP contribution in [0.15, 0.2) is 4.99 Å². The smallest absolute Gasteiger partial charge is 0.303 e. The summed E-state index contributed by atoms with van der Waals surface area (Å²) < 4.78 is 37.2. The number of alkyl halides is 2. The maximum absolute atomic E-state index is 16.0. The molecule has 4 aliphatic carbocycles. The van der Waals surface area contributed by atoms with Gasteiger partial charge >= 0.3 is 5.97 Å². The van der Waals surface area contributed by atoms with E-state index in [0.717, 1.165) is 32.1 Å². The van der Waals surface area contributed by atoms with E-state index in [-0.39, 0.29) is 23.7 Å². The first-order valence-corrected chi connectivity index (χ1v) is 13.7. The Bertz CT molecular complexity index is 860. The minimum absolute atomic E-state index is 0.0196. The molecule has 0 saturated heterocycles. The Hall–Kier alpha value is -1.33. The van der Waals surface area contributed by atoms with E-state index >= 15 is 8.78 Å². The molecule has 4 fully saturated rings. The first kappa shape index (κ1) is 26.7. The maximum atomic E-state index is 16.0. The number of carbonyl (C=O) groups excluding carboxylic acids is 2. The second-order valence-corrected chi connectivity index (χ2v) is 12.6. The number of halogens is 2. The molecule has 11 atom stereocenters. The van der Waals surface area contributed by atoms with Crippen LogP contribution in [0, 0.1) is 52.3 Å². The van der Waals surface area contributed by atoms with Gasteiger partial charge in [-0.2, -0.15) is 0 Å². The Morgan fingerprint density at radius 2 is 1.80 bits per heavy atom. The standard InChI is InChI=1S/C28H43F2NO4/c1-6-18-24(34)23-20-8-7-19(16(2)11-14-31-15-32)26(20,4)12-9-21(23)27(5)13-10-22(35-17(3)33)28(29,30)25(18)27/h16,18-25,34H,6-14H2,1-5H3/t16-,18+,19-,20+,21+,22-,23+,24-,25+,26-,27-/m1/s1. The molecule has 5 nitrogen and oxygen atoms in total. The molecular formula is C28H43F2NO4. The molecule has 4 rings (SSSR count). The zero-order valence-electron chi connectivity index (χ0n) is 21.9. The number of rotatable bonds is 6. The molecule has 0 heterocycles. The predicted octanol–water partition coefficient (Wildman–Crippen LogP) is 5.79. The van der Waals surface area contributed by atoms with Crippen LogP contribution in [0.1, 0.15) is 86.0 Å². The summed E-state index contributed by atoms with van der Waals surface area (Å²) >= 11 is 0. The van der Waals surface area contributed by atoms with Gasteiger partial charge in [-0.05, 0) is 91.3 Å². The predicted molar refractivity (Wildman–Crippen MR) is 128 cm³/mol. The second-order valence-electron chi connectivity index (χ2n) is 12.6. The third-order valence-electron chi connectivity index (χ3n) is 11.2. The summed E-state index contributed by atoms with van der Waals surface area (Å²) in [7, 11) is 0. The van der Waals surface area contributed by atoms with Crippen LogP contribution in [-0.2, 0) is 14.3 Å². The molecule has 0 aromatic heterocycles. The third kappa shape index (κ3) is 4.09. The second kappa shape index (κ2) is 9.52. The van der Waals surface area contributed by atoms with Gasteiger partial charge in [0.05, 0.1) is 12.6 Å². The molecular weight excluding hydrogens is 452 g/mol. The number of carbonyl (C=O) groups is 1. The van der Waals surface area contributed by atoms with Crippen molar-refractivity contribution in [3.05, 3.63) is 0 Å². The van der Waals surface area contributed by atoms with Gasteiger partial charge in [-0.25, -0.2) is 18.6 Å². The highest BCUT2D eigenvalue weighted by Gasteiger charge is 2.71. The maximum Gasteiger partial charge on any atom is 0.303 e. The monoisotopic (exact) mass is 495 g/mol. The van der Waals surface area contributed by atoms with Crippen molar-refractivity contribution in [2.45, 2.75) is 104 Å². The fourth-order valence-electron chi connectivity index (χ4n) is 9.85. The normalized spacial score (nSPS) is 47.0. The number of aliphatic hydroxyl groups is 1.